The van der Waals surface area contributed by atoms with Crippen molar-refractivity contribution in [3.8, 4) is 5.40 Å². The maximum Gasteiger partial charge on any atom is 0.331 e. The van der Waals surface area contributed by atoms with Gasteiger partial charge in [-0.25, -0.2) is 4.79 Å². The van der Waals surface area contributed by atoms with Gasteiger partial charge in [0.2, 0.25) is 0 Å². The Balaban J connectivity index is 2.53. The summed E-state index contributed by atoms with van der Waals surface area (Å²) in [6.07, 6.45) is 1.17. The average Bonchev–Trinajstić information content (AvgIpc) is 2.31. The third-order valence-electron chi connectivity index (χ3n) is 1.70. The molecule has 0 aromatic heterocycles. The molecule has 1 rings (SSSR count). The first-order chi connectivity index (χ1) is 8.13. The molecule has 0 aliphatic heterocycles. The highest BCUT2D eigenvalue weighted by atomic mass is 35.5. The maximum atomic E-state index is 11.2. The van der Waals surface area contributed by atoms with E-state index < -0.39 is 5.97 Å². The second-order valence-electron chi connectivity index (χ2n) is 2.86. The Hall–Kier alpha value is -1.15. The Labute approximate surface area is 113 Å². The minimum Gasteiger partial charge on any atom is -0.458 e. The van der Waals surface area contributed by atoms with Gasteiger partial charge < -0.3 is 4.74 Å². The number of thioether (sulfide) groups is 1. The molecule has 0 spiro atoms. The largest absolute Gasteiger partial charge is 0.458 e. The molecule has 0 bridgehead atoms. The van der Waals surface area contributed by atoms with Crippen LogP contribution in [-0.2, 0) is 16.1 Å². The molecule has 3 nitrogen and oxygen atoms in total. The summed E-state index contributed by atoms with van der Waals surface area (Å²) >= 11 is 12.5. The van der Waals surface area contributed by atoms with Crippen molar-refractivity contribution in [3.05, 3.63) is 45.3 Å². The summed E-state index contributed by atoms with van der Waals surface area (Å²) in [6.45, 7) is 0.0415. The predicted molar refractivity (Wildman–Crippen MR) is 68.6 cm³/mol. The lowest BCUT2D eigenvalue weighted by Crippen LogP contribution is -2.01. The smallest absolute Gasteiger partial charge is 0.331 e. The van der Waals surface area contributed by atoms with E-state index in [-0.39, 0.29) is 6.61 Å². The van der Waals surface area contributed by atoms with E-state index >= 15 is 0 Å². The monoisotopic (exact) mass is 287 g/mol. The fourth-order valence-electron chi connectivity index (χ4n) is 0.971. The first kappa shape index (κ1) is 13.9. The van der Waals surface area contributed by atoms with E-state index in [1.165, 1.54) is 11.5 Å². The zero-order valence-electron chi connectivity index (χ0n) is 8.52. The van der Waals surface area contributed by atoms with Crippen LogP contribution in [0.2, 0.25) is 10.0 Å². The minimum atomic E-state index is -0.538. The highest BCUT2D eigenvalue weighted by Gasteiger charge is 2.04. The number of nitriles is 1. The molecule has 1 aromatic rings. The van der Waals surface area contributed by atoms with E-state index in [1.807, 2.05) is 0 Å². The Morgan fingerprint density at radius 2 is 2.29 bits per heavy atom. The van der Waals surface area contributed by atoms with Gasteiger partial charge in [-0.15, -0.1) is 0 Å². The minimum absolute atomic E-state index is 0.0415. The van der Waals surface area contributed by atoms with Gasteiger partial charge in [-0.1, -0.05) is 23.2 Å². The molecule has 0 heterocycles. The van der Waals surface area contributed by atoms with Crippen LogP contribution in [0.15, 0.2) is 29.7 Å². The van der Waals surface area contributed by atoms with Gasteiger partial charge in [-0.05, 0) is 35.4 Å². The molecule has 0 radical (unpaired) electrons. The molecule has 6 heteroatoms. The number of hydrogen-bond acceptors (Lipinski definition) is 4. The summed E-state index contributed by atoms with van der Waals surface area (Å²) in [5, 5.41) is 12.4. The number of rotatable bonds is 4. The molecular formula is C11H7Cl2NO2S. The third-order valence-corrected chi connectivity index (χ3v) is 2.68. The highest BCUT2D eigenvalue weighted by Crippen LogP contribution is 2.21. The normalized spacial score (nSPS) is 10.2. The van der Waals surface area contributed by atoms with Crippen LogP contribution in [0.1, 0.15) is 5.56 Å². The van der Waals surface area contributed by atoms with Crippen molar-refractivity contribution in [2.75, 3.05) is 0 Å². The number of hydrogen-bond donors (Lipinski definition) is 0. The average molecular weight is 288 g/mol. The SMILES string of the molecule is N#CS/C=C/C(=O)OCc1cc(Cl)ccc1Cl. The van der Waals surface area contributed by atoms with Gasteiger partial charge in [0.1, 0.15) is 12.0 Å². The first-order valence-electron chi connectivity index (χ1n) is 4.45. The Morgan fingerprint density at radius 1 is 1.53 bits per heavy atom. The van der Waals surface area contributed by atoms with Gasteiger partial charge in [-0.3, -0.25) is 0 Å². The molecule has 0 aliphatic carbocycles. The standard InChI is InChI=1S/C11H7Cl2NO2S/c12-9-1-2-10(13)8(5-9)6-16-11(15)3-4-17-7-14/h1-5H,6H2/b4-3+. The van der Waals surface area contributed by atoms with E-state index in [0.717, 1.165) is 11.8 Å². The van der Waals surface area contributed by atoms with Crippen LogP contribution in [0.5, 0.6) is 0 Å². The molecule has 0 atom stereocenters. The Bertz CT molecular complexity index is 483. The molecule has 0 amide bonds. The third kappa shape index (κ3) is 5.14. The number of nitrogens with zero attached hydrogens (tertiary/aromatic N) is 1. The van der Waals surface area contributed by atoms with Crippen LogP contribution < -0.4 is 0 Å². The van der Waals surface area contributed by atoms with Gasteiger partial charge in [0.25, 0.3) is 0 Å². The topological polar surface area (TPSA) is 50.1 Å². The van der Waals surface area contributed by atoms with Crippen LogP contribution >= 0.6 is 35.0 Å². The molecule has 0 N–H and O–H groups in total. The molecular weight excluding hydrogens is 281 g/mol. The summed E-state index contributed by atoms with van der Waals surface area (Å²) in [6, 6.07) is 4.91. The van der Waals surface area contributed by atoms with Gasteiger partial charge in [0.15, 0.2) is 0 Å². The van der Waals surface area contributed by atoms with Crippen LogP contribution in [0.4, 0.5) is 0 Å². The van der Waals surface area contributed by atoms with Gasteiger partial charge in [0, 0.05) is 21.7 Å². The van der Waals surface area contributed by atoms with E-state index in [1.54, 1.807) is 23.6 Å². The van der Waals surface area contributed by atoms with Crippen LogP contribution in [0, 0.1) is 10.7 Å². The fourth-order valence-corrected chi connectivity index (χ4v) is 1.58. The van der Waals surface area contributed by atoms with Crippen LogP contribution in [0.3, 0.4) is 0 Å². The van der Waals surface area contributed by atoms with E-state index in [2.05, 4.69) is 0 Å². The van der Waals surface area contributed by atoms with Gasteiger partial charge in [-0.2, -0.15) is 5.26 Å². The summed E-state index contributed by atoms with van der Waals surface area (Å²) < 4.78 is 4.92. The van der Waals surface area contributed by atoms with Crippen LogP contribution in [-0.4, -0.2) is 5.97 Å². The number of halogens is 2. The first-order valence-corrected chi connectivity index (χ1v) is 6.09. The Kier molecular flexibility index (Phi) is 5.92. The second-order valence-corrected chi connectivity index (χ2v) is 4.39. The molecule has 0 fully saturated rings. The van der Waals surface area contributed by atoms with Crippen molar-refractivity contribution < 1.29 is 9.53 Å². The maximum absolute atomic E-state index is 11.2. The van der Waals surface area contributed by atoms with E-state index in [9.17, 15) is 4.79 Å². The molecule has 88 valence electrons. The van der Waals surface area contributed by atoms with Gasteiger partial charge >= 0.3 is 5.97 Å². The molecule has 0 unspecified atom stereocenters. The molecule has 17 heavy (non-hydrogen) atoms. The van der Waals surface area contributed by atoms with E-state index in [0.29, 0.717) is 15.6 Å². The highest BCUT2D eigenvalue weighted by molar-refractivity contribution is 8.06. The lowest BCUT2D eigenvalue weighted by molar-refractivity contribution is -0.138. The van der Waals surface area contributed by atoms with Crippen molar-refractivity contribution in [2.45, 2.75) is 6.61 Å². The lowest BCUT2D eigenvalue weighted by Gasteiger charge is -2.04. The fraction of sp³-hybridized carbons (Fsp3) is 0.0909. The number of benzene rings is 1. The molecule has 0 aliphatic rings. The predicted octanol–water partition coefficient (Wildman–Crippen LogP) is 3.76. The number of carbonyl (C=O) groups excluding carboxylic acids is 1. The molecule has 1 aromatic carbocycles. The van der Waals surface area contributed by atoms with Crippen molar-refractivity contribution in [1.29, 1.82) is 5.26 Å². The number of carbonyl (C=O) groups is 1. The quantitative estimate of drug-likeness (QED) is 0.481. The second kappa shape index (κ2) is 7.23. The number of esters is 1. The zero-order valence-corrected chi connectivity index (χ0v) is 10.9. The van der Waals surface area contributed by atoms with Crippen molar-refractivity contribution in [2.24, 2.45) is 0 Å². The number of thiocyanates is 1. The van der Waals surface area contributed by atoms with Crippen molar-refractivity contribution >= 4 is 40.9 Å². The lowest BCUT2D eigenvalue weighted by atomic mass is 10.2. The number of ether oxygens (including phenoxy) is 1. The zero-order chi connectivity index (χ0) is 12.7. The van der Waals surface area contributed by atoms with Gasteiger partial charge in [0.05, 0.1) is 0 Å². The Morgan fingerprint density at radius 3 is 3.00 bits per heavy atom. The summed E-state index contributed by atoms with van der Waals surface area (Å²) in [4.78, 5) is 11.2. The summed E-state index contributed by atoms with van der Waals surface area (Å²) in [5.74, 6) is -0.538. The molecule has 0 saturated carbocycles. The molecule has 0 saturated heterocycles. The van der Waals surface area contributed by atoms with Crippen LogP contribution in [0.25, 0.3) is 0 Å². The summed E-state index contributed by atoms with van der Waals surface area (Å²) in [5.41, 5.74) is 0.633. The van der Waals surface area contributed by atoms with E-state index in [4.69, 9.17) is 33.2 Å². The van der Waals surface area contributed by atoms with Crippen molar-refractivity contribution in [1.82, 2.24) is 0 Å². The van der Waals surface area contributed by atoms with Crippen molar-refractivity contribution in [3.63, 3.8) is 0 Å². The summed E-state index contributed by atoms with van der Waals surface area (Å²) in [7, 11) is 0.